The van der Waals surface area contributed by atoms with E-state index in [0.29, 0.717) is 6.54 Å². The lowest BCUT2D eigenvalue weighted by molar-refractivity contribution is 0.0505. The summed E-state index contributed by atoms with van der Waals surface area (Å²) in [4.78, 5) is 11.7. The van der Waals surface area contributed by atoms with Crippen molar-refractivity contribution in [3.63, 3.8) is 0 Å². The van der Waals surface area contributed by atoms with Gasteiger partial charge < -0.3 is 4.74 Å². The number of esters is 1. The molecule has 0 spiro atoms. The van der Waals surface area contributed by atoms with Crippen LogP contribution in [0.1, 0.15) is 35.9 Å². The molecule has 0 amide bonds. The molecule has 8 nitrogen and oxygen atoms in total. The summed E-state index contributed by atoms with van der Waals surface area (Å²) in [6.45, 7) is 4.38. The highest BCUT2D eigenvalue weighted by molar-refractivity contribution is 9.10. The Morgan fingerprint density at radius 1 is 1.40 bits per heavy atom. The van der Waals surface area contributed by atoms with Gasteiger partial charge in [0.15, 0.2) is 0 Å². The molecule has 0 radical (unpaired) electrons. The molecule has 2 aromatic rings. The molecule has 0 aromatic carbocycles. The van der Waals surface area contributed by atoms with Crippen molar-refractivity contribution in [2.75, 3.05) is 6.61 Å². The number of rotatable bonds is 5. The summed E-state index contributed by atoms with van der Waals surface area (Å²) in [6.07, 6.45) is 0.814. The first-order chi connectivity index (χ1) is 9.58. The van der Waals surface area contributed by atoms with Gasteiger partial charge in [-0.05, 0) is 39.7 Å². The molecule has 2 heterocycles. The van der Waals surface area contributed by atoms with Gasteiger partial charge in [0.2, 0.25) is 0 Å². The fraction of sp³-hybridized carbons (Fsp3) is 0.545. The maximum absolute atomic E-state index is 11.7. The van der Waals surface area contributed by atoms with Crippen LogP contribution in [0.25, 0.3) is 0 Å². The molecule has 0 saturated heterocycles. The topological polar surface area (TPSA) is 87.7 Å². The first-order valence-corrected chi connectivity index (χ1v) is 7.01. The van der Waals surface area contributed by atoms with E-state index in [2.05, 4.69) is 36.6 Å². The smallest absolute Gasteiger partial charge is 0.378 e. The second-order valence-electron chi connectivity index (χ2n) is 4.07. The van der Waals surface area contributed by atoms with Crippen LogP contribution < -0.4 is 0 Å². The lowest BCUT2D eigenvalue weighted by atomic mass is 10.3. The third-order valence-electron chi connectivity index (χ3n) is 2.79. The number of halogens is 1. The van der Waals surface area contributed by atoms with Gasteiger partial charge in [-0.2, -0.15) is 5.10 Å². The maximum Gasteiger partial charge on any atom is 0.378 e. The van der Waals surface area contributed by atoms with Gasteiger partial charge >= 0.3 is 5.97 Å². The van der Waals surface area contributed by atoms with Gasteiger partial charge in [0.05, 0.1) is 29.0 Å². The predicted octanol–water partition coefficient (Wildman–Crippen LogP) is 0.956. The van der Waals surface area contributed by atoms with E-state index in [-0.39, 0.29) is 12.4 Å². The average molecular weight is 343 g/mol. The fourth-order valence-electron chi connectivity index (χ4n) is 1.79. The fourth-order valence-corrected chi connectivity index (χ4v) is 2.53. The number of nitrogens with zero attached hydrogens (tertiary/aromatic N) is 6. The molecule has 0 aliphatic heterocycles. The van der Waals surface area contributed by atoms with Crippen molar-refractivity contribution in [1.29, 1.82) is 0 Å². The first-order valence-electron chi connectivity index (χ1n) is 6.22. The molecule has 2 rings (SSSR count). The van der Waals surface area contributed by atoms with Crippen molar-refractivity contribution in [1.82, 2.24) is 30.0 Å². The van der Waals surface area contributed by atoms with Crippen LogP contribution in [0.5, 0.6) is 0 Å². The zero-order chi connectivity index (χ0) is 14.7. The summed E-state index contributed by atoms with van der Waals surface area (Å²) in [5.74, 6) is -0.454. The number of carbonyl (C=O) groups excluding carboxylic acids is 1. The number of carbonyl (C=O) groups is 1. The Morgan fingerprint density at radius 2 is 2.15 bits per heavy atom. The first kappa shape index (κ1) is 14.6. The van der Waals surface area contributed by atoms with Crippen molar-refractivity contribution in [3.8, 4) is 0 Å². The third-order valence-corrected chi connectivity index (χ3v) is 3.71. The van der Waals surface area contributed by atoms with E-state index < -0.39 is 5.97 Å². The Bertz CT molecular complexity index is 620. The zero-order valence-electron chi connectivity index (χ0n) is 11.5. The van der Waals surface area contributed by atoms with Crippen molar-refractivity contribution < 1.29 is 9.53 Å². The van der Waals surface area contributed by atoms with Crippen molar-refractivity contribution in [2.45, 2.75) is 26.8 Å². The monoisotopic (exact) mass is 342 g/mol. The highest BCUT2D eigenvalue weighted by Gasteiger charge is 2.20. The number of aromatic nitrogens is 6. The van der Waals surface area contributed by atoms with Crippen LogP contribution in [0.15, 0.2) is 4.47 Å². The van der Waals surface area contributed by atoms with Crippen LogP contribution in [-0.4, -0.2) is 42.6 Å². The minimum Gasteiger partial charge on any atom is -0.460 e. The second kappa shape index (κ2) is 6.12. The Morgan fingerprint density at radius 3 is 2.75 bits per heavy atom. The molecular weight excluding hydrogens is 328 g/mol. The molecule has 108 valence electrons. The average Bonchev–Trinajstić information content (AvgIpc) is 2.98. The van der Waals surface area contributed by atoms with Gasteiger partial charge in [-0.1, -0.05) is 6.92 Å². The molecular formula is C11H15BrN6O2. The molecule has 9 heteroatoms. The van der Waals surface area contributed by atoms with Gasteiger partial charge in [0.1, 0.15) is 0 Å². The summed E-state index contributed by atoms with van der Waals surface area (Å²) in [7, 11) is 1.84. The quantitative estimate of drug-likeness (QED) is 0.752. The maximum atomic E-state index is 11.7. The van der Waals surface area contributed by atoms with Crippen LogP contribution in [-0.2, 0) is 24.8 Å². The molecule has 0 fully saturated rings. The predicted molar refractivity (Wildman–Crippen MR) is 73.2 cm³/mol. The normalized spacial score (nSPS) is 10.8. The van der Waals surface area contributed by atoms with Crippen molar-refractivity contribution in [2.24, 2.45) is 7.05 Å². The minimum absolute atomic E-state index is 0.0815. The standard InChI is InChI=1S/C11H15BrN6O2/c1-4-7-9(12)8(17(3)14-7)6-18-10(13-15-16-18)11(19)20-5-2/h4-6H2,1-3H3. The Balaban J connectivity index is 2.29. The molecule has 2 aromatic heterocycles. The van der Waals surface area contributed by atoms with E-state index in [4.69, 9.17) is 4.74 Å². The second-order valence-corrected chi connectivity index (χ2v) is 4.86. The van der Waals surface area contributed by atoms with Gasteiger partial charge in [-0.25, -0.2) is 9.48 Å². The Kier molecular flexibility index (Phi) is 4.48. The summed E-state index contributed by atoms with van der Waals surface area (Å²) >= 11 is 3.52. The van der Waals surface area contributed by atoms with Crippen LogP contribution in [0.2, 0.25) is 0 Å². The van der Waals surface area contributed by atoms with Crippen LogP contribution in [0.4, 0.5) is 0 Å². The van der Waals surface area contributed by atoms with E-state index >= 15 is 0 Å². The lowest BCUT2D eigenvalue weighted by Crippen LogP contribution is -2.16. The van der Waals surface area contributed by atoms with E-state index in [1.807, 2.05) is 14.0 Å². The van der Waals surface area contributed by atoms with Crippen LogP contribution in [0, 0.1) is 0 Å². The highest BCUT2D eigenvalue weighted by Crippen LogP contribution is 2.22. The number of tetrazole rings is 1. The van der Waals surface area contributed by atoms with E-state index in [1.54, 1.807) is 11.6 Å². The Hall–Kier alpha value is -1.77. The third kappa shape index (κ3) is 2.72. The van der Waals surface area contributed by atoms with Crippen molar-refractivity contribution in [3.05, 3.63) is 21.7 Å². The lowest BCUT2D eigenvalue weighted by Gasteiger charge is -2.05. The molecule has 0 bridgehead atoms. The van der Waals surface area contributed by atoms with Crippen LogP contribution >= 0.6 is 15.9 Å². The van der Waals surface area contributed by atoms with Gasteiger partial charge in [-0.3, -0.25) is 4.68 Å². The van der Waals surface area contributed by atoms with Gasteiger partial charge in [-0.15, -0.1) is 5.10 Å². The number of ether oxygens (including phenoxy) is 1. The van der Waals surface area contributed by atoms with E-state index in [9.17, 15) is 4.79 Å². The molecule has 0 saturated carbocycles. The molecule has 20 heavy (non-hydrogen) atoms. The highest BCUT2D eigenvalue weighted by atomic mass is 79.9. The number of hydrogen-bond donors (Lipinski definition) is 0. The molecule has 0 unspecified atom stereocenters. The molecule has 0 N–H and O–H groups in total. The largest absolute Gasteiger partial charge is 0.460 e. The minimum atomic E-state index is -0.536. The summed E-state index contributed by atoms with van der Waals surface area (Å²) in [6, 6.07) is 0. The number of aryl methyl sites for hydroxylation is 2. The Labute approximate surface area is 124 Å². The summed E-state index contributed by atoms with van der Waals surface area (Å²) in [5, 5.41) is 15.4. The van der Waals surface area contributed by atoms with E-state index in [1.165, 1.54) is 4.68 Å². The zero-order valence-corrected chi connectivity index (χ0v) is 13.1. The van der Waals surface area contributed by atoms with E-state index in [0.717, 1.165) is 22.3 Å². The summed E-state index contributed by atoms with van der Waals surface area (Å²) in [5.41, 5.74) is 1.84. The number of hydrogen-bond acceptors (Lipinski definition) is 6. The molecule has 0 aliphatic carbocycles. The van der Waals surface area contributed by atoms with Gasteiger partial charge in [0.25, 0.3) is 5.82 Å². The summed E-state index contributed by atoms with van der Waals surface area (Å²) < 4.78 is 8.98. The van der Waals surface area contributed by atoms with Crippen LogP contribution in [0.3, 0.4) is 0 Å². The van der Waals surface area contributed by atoms with Gasteiger partial charge in [0, 0.05) is 7.05 Å². The molecule has 0 aliphatic rings. The van der Waals surface area contributed by atoms with Crippen molar-refractivity contribution >= 4 is 21.9 Å². The molecule has 0 atom stereocenters. The SMILES string of the molecule is CCOC(=O)c1nnnn1Cc1c(Br)c(CC)nn1C.